The van der Waals surface area contributed by atoms with E-state index >= 15 is 0 Å². The number of nitrogens with zero attached hydrogens (tertiary/aromatic N) is 3. The van der Waals surface area contributed by atoms with E-state index in [2.05, 4.69) is 32.8 Å². The Hall–Kier alpha value is -0.760. The molecule has 4 nitrogen and oxygen atoms in total. The molecule has 84 valence electrons. The molecule has 16 heavy (non-hydrogen) atoms. The third-order valence-electron chi connectivity index (χ3n) is 2.23. The van der Waals surface area contributed by atoms with Crippen molar-refractivity contribution >= 4 is 40.0 Å². The van der Waals surface area contributed by atoms with E-state index in [0.29, 0.717) is 0 Å². The first kappa shape index (κ1) is 11.7. The lowest BCUT2D eigenvalue weighted by Gasteiger charge is -2.05. The molecule has 0 spiro atoms. The molecule has 2 rings (SSSR count). The number of hydrogen-bond donors (Lipinski definition) is 1. The topological polar surface area (TPSA) is 56.7 Å². The Morgan fingerprint density at radius 2 is 2.12 bits per heavy atom. The number of hydrogen-bond acceptors (Lipinski definition) is 4. The van der Waals surface area contributed by atoms with Gasteiger partial charge in [0, 0.05) is 21.2 Å². The van der Waals surface area contributed by atoms with Crippen molar-refractivity contribution in [2.45, 2.75) is 17.0 Å². The first-order valence-corrected chi connectivity index (χ1v) is 6.56. The van der Waals surface area contributed by atoms with Crippen LogP contribution in [0.15, 0.2) is 28.3 Å². The molecule has 0 saturated carbocycles. The fourth-order valence-corrected chi connectivity index (χ4v) is 2.56. The second kappa shape index (κ2) is 4.62. The van der Waals surface area contributed by atoms with Gasteiger partial charge in [-0.3, -0.25) is 0 Å². The highest BCUT2D eigenvalue weighted by atomic mass is 127. The van der Waals surface area contributed by atoms with Gasteiger partial charge in [0.1, 0.15) is 5.82 Å². The molecule has 0 unspecified atom stereocenters. The smallest absolute Gasteiger partial charge is 0.195 e. The standard InChI is InChI=1S/C10H11IN4S/c1-6-13-14-10(15(6)2)16-9-4-3-7(11)5-8(9)12/h3-5H,12H2,1-2H3. The summed E-state index contributed by atoms with van der Waals surface area (Å²) in [6, 6.07) is 5.99. The van der Waals surface area contributed by atoms with Crippen LogP contribution in [0.5, 0.6) is 0 Å². The molecular formula is C10H11IN4S. The van der Waals surface area contributed by atoms with Crippen molar-refractivity contribution in [3.05, 3.63) is 27.6 Å². The minimum absolute atomic E-state index is 0.776. The number of nitrogens with two attached hydrogens (primary N) is 1. The van der Waals surface area contributed by atoms with E-state index in [1.807, 2.05) is 36.7 Å². The molecule has 2 aromatic rings. The van der Waals surface area contributed by atoms with E-state index in [0.717, 1.165) is 25.1 Å². The van der Waals surface area contributed by atoms with Crippen LogP contribution in [-0.2, 0) is 7.05 Å². The number of halogens is 1. The zero-order valence-electron chi connectivity index (χ0n) is 8.94. The highest BCUT2D eigenvalue weighted by Gasteiger charge is 2.09. The number of anilines is 1. The van der Waals surface area contributed by atoms with Crippen LogP contribution in [0.4, 0.5) is 5.69 Å². The average Bonchev–Trinajstić information content (AvgIpc) is 2.54. The second-order valence-electron chi connectivity index (χ2n) is 3.37. The summed E-state index contributed by atoms with van der Waals surface area (Å²) in [6.07, 6.45) is 0. The molecule has 1 aromatic carbocycles. The van der Waals surface area contributed by atoms with Crippen molar-refractivity contribution in [3.63, 3.8) is 0 Å². The Morgan fingerprint density at radius 1 is 1.38 bits per heavy atom. The van der Waals surface area contributed by atoms with Gasteiger partial charge in [0.2, 0.25) is 0 Å². The quantitative estimate of drug-likeness (QED) is 0.671. The van der Waals surface area contributed by atoms with Gasteiger partial charge in [0.05, 0.1) is 0 Å². The van der Waals surface area contributed by atoms with Crippen molar-refractivity contribution in [1.82, 2.24) is 14.8 Å². The normalized spacial score (nSPS) is 10.7. The Balaban J connectivity index is 2.30. The number of rotatable bonds is 2. The highest BCUT2D eigenvalue weighted by molar-refractivity contribution is 14.1. The molecule has 0 aliphatic rings. The van der Waals surface area contributed by atoms with Crippen LogP contribution in [0.25, 0.3) is 0 Å². The Bertz CT molecular complexity index is 524. The molecule has 1 heterocycles. The fourth-order valence-electron chi connectivity index (χ4n) is 1.19. The average molecular weight is 346 g/mol. The number of nitrogen functional groups attached to an aromatic ring is 1. The molecule has 2 N–H and O–H groups in total. The number of benzene rings is 1. The molecule has 1 aromatic heterocycles. The van der Waals surface area contributed by atoms with Crippen LogP contribution in [-0.4, -0.2) is 14.8 Å². The summed E-state index contributed by atoms with van der Waals surface area (Å²) in [5.74, 6) is 0.895. The van der Waals surface area contributed by atoms with Crippen LogP contribution in [0.2, 0.25) is 0 Å². The third-order valence-corrected chi connectivity index (χ3v) is 4.03. The third kappa shape index (κ3) is 2.32. The van der Waals surface area contributed by atoms with Crippen LogP contribution >= 0.6 is 34.4 Å². The molecule has 0 bridgehead atoms. The monoisotopic (exact) mass is 346 g/mol. The maximum atomic E-state index is 5.94. The Labute approximate surface area is 112 Å². The lowest BCUT2D eigenvalue weighted by Crippen LogP contribution is -1.95. The van der Waals surface area contributed by atoms with Crippen molar-refractivity contribution in [1.29, 1.82) is 0 Å². The zero-order chi connectivity index (χ0) is 11.7. The lowest BCUT2D eigenvalue weighted by atomic mass is 10.3. The van der Waals surface area contributed by atoms with Gasteiger partial charge in [-0.15, -0.1) is 10.2 Å². The molecule has 0 aliphatic carbocycles. The van der Waals surface area contributed by atoms with E-state index in [4.69, 9.17) is 5.73 Å². The van der Waals surface area contributed by atoms with E-state index in [9.17, 15) is 0 Å². The summed E-state index contributed by atoms with van der Waals surface area (Å²) in [4.78, 5) is 1.01. The fraction of sp³-hybridized carbons (Fsp3) is 0.200. The van der Waals surface area contributed by atoms with Crippen molar-refractivity contribution < 1.29 is 0 Å². The first-order valence-electron chi connectivity index (χ1n) is 4.67. The van der Waals surface area contributed by atoms with Gasteiger partial charge in [-0.2, -0.15) is 0 Å². The molecule has 0 atom stereocenters. The van der Waals surface area contributed by atoms with Gasteiger partial charge in [0.15, 0.2) is 5.16 Å². The van der Waals surface area contributed by atoms with Gasteiger partial charge in [0.25, 0.3) is 0 Å². The van der Waals surface area contributed by atoms with Crippen LogP contribution in [0.3, 0.4) is 0 Å². The van der Waals surface area contributed by atoms with Gasteiger partial charge >= 0.3 is 0 Å². The summed E-state index contributed by atoms with van der Waals surface area (Å²) in [5, 5.41) is 8.95. The number of aromatic nitrogens is 3. The molecule has 6 heteroatoms. The van der Waals surface area contributed by atoms with Gasteiger partial charge in [-0.25, -0.2) is 0 Å². The predicted molar refractivity (Wildman–Crippen MR) is 73.4 cm³/mol. The van der Waals surface area contributed by atoms with Gasteiger partial charge in [-0.1, -0.05) is 0 Å². The van der Waals surface area contributed by atoms with E-state index < -0.39 is 0 Å². The summed E-state index contributed by atoms with van der Waals surface area (Å²) < 4.78 is 3.08. The predicted octanol–water partition coefficient (Wildman–Crippen LogP) is 2.46. The number of aryl methyl sites for hydroxylation is 1. The van der Waals surface area contributed by atoms with E-state index in [1.54, 1.807) is 0 Å². The molecule has 0 radical (unpaired) electrons. The maximum Gasteiger partial charge on any atom is 0.195 e. The van der Waals surface area contributed by atoms with Crippen LogP contribution in [0.1, 0.15) is 5.82 Å². The summed E-state index contributed by atoms with van der Waals surface area (Å²) in [7, 11) is 1.94. The van der Waals surface area contributed by atoms with Gasteiger partial charge in [-0.05, 0) is 59.5 Å². The van der Waals surface area contributed by atoms with E-state index in [-0.39, 0.29) is 0 Å². The summed E-state index contributed by atoms with van der Waals surface area (Å²) in [5.41, 5.74) is 6.72. The minimum atomic E-state index is 0.776. The Morgan fingerprint density at radius 3 is 2.69 bits per heavy atom. The molecule has 0 aliphatic heterocycles. The van der Waals surface area contributed by atoms with Gasteiger partial charge < -0.3 is 10.3 Å². The molecule has 0 amide bonds. The summed E-state index contributed by atoms with van der Waals surface area (Å²) in [6.45, 7) is 1.92. The van der Waals surface area contributed by atoms with Crippen molar-refractivity contribution in [2.24, 2.45) is 7.05 Å². The maximum absolute atomic E-state index is 5.94. The second-order valence-corrected chi connectivity index (χ2v) is 5.63. The highest BCUT2D eigenvalue weighted by Crippen LogP contribution is 2.31. The van der Waals surface area contributed by atoms with Crippen molar-refractivity contribution in [3.8, 4) is 0 Å². The minimum Gasteiger partial charge on any atom is -0.398 e. The Kier molecular flexibility index (Phi) is 3.38. The molecule has 0 saturated heterocycles. The summed E-state index contributed by atoms with van der Waals surface area (Å²) >= 11 is 3.77. The molecular weight excluding hydrogens is 335 g/mol. The van der Waals surface area contributed by atoms with Crippen molar-refractivity contribution in [2.75, 3.05) is 5.73 Å². The zero-order valence-corrected chi connectivity index (χ0v) is 11.9. The SMILES string of the molecule is Cc1nnc(Sc2ccc(I)cc2N)n1C. The largest absolute Gasteiger partial charge is 0.398 e. The molecule has 0 fully saturated rings. The van der Waals surface area contributed by atoms with Crippen LogP contribution in [0, 0.1) is 10.5 Å². The lowest BCUT2D eigenvalue weighted by molar-refractivity contribution is 0.766. The van der Waals surface area contributed by atoms with E-state index in [1.165, 1.54) is 11.8 Å². The first-order chi connectivity index (χ1) is 7.58. The van der Waals surface area contributed by atoms with Crippen LogP contribution < -0.4 is 5.73 Å².